The zero-order chi connectivity index (χ0) is 17.9. The van der Waals surface area contributed by atoms with Crippen molar-refractivity contribution in [2.45, 2.75) is 0 Å². The summed E-state index contributed by atoms with van der Waals surface area (Å²) >= 11 is 3.42. The largest absolute Gasteiger partial charge is 0.369 e. The Balaban J connectivity index is 1.82. The molecule has 0 bridgehead atoms. The van der Waals surface area contributed by atoms with Crippen LogP contribution in [0.15, 0.2) is 47.3 Å². The molecule has 130 valence electrons. The summed E-state index contributed by atoms with van der Waals surface area (Å²) in [5.41, 5.74) is 1.52. The van der Waals surface area contributed by atoms with Crippen molar-refractivity contribution in [2.75, 3.05) is 22.9 Å². The lowest BCUT2D eigenvalue weighted by Gasteiger charge is -2.10. The second-order valence-electron chi connectivity index (χ2n) is 5.16. The summed E-state index contributed by atoms with van der Waals surface area (Å²) < 4.78 is 31.2. The highest BCUT2D eigenvalue weighted by atomic mass is 79.9. The van der Waals surface area contributed by atoms with E-state index in [4.69, 9.17) is 4.55 Å². The standard InChI is InChI=1S/C15H14BrN5O3S/c16-10-2-1-3-11(6-10)21-15-12-8-18-14(7-13(12)19-9-20-15)17-4-5-25(22,23)24/h1-3,6-9H,4-5H2,(H,17,18)(H,19,20,21)(H,22,23,24). The fraction of sp³-hybridized carbons (Fsp3) is 0.133. The Kier molecular flexibility index (Phi) is 5.11. The van der Waals surface area contributed by atoms with E-state index in [9.17, 15) is 8.42 Å². The number of pyridine rings is 1. The highest BCUT2D eigenvalue weighted by molar-refractivity contribution is 9.10. The van der Waals surface area contributed by atoms with Gasteiger partial charge in [0.15, 0.2) is 0 Å². The fourth-order valence-corrected chi connectivity index (χ4v) is 2.92. The van der Waals surface area contributed by atoms with Crippen LogP contribution in [0.3, 0.4) is 0 Å². The summed E-state index contributed by atoms with van der Waals surface area (Å²) in [4.78, 5) is 12.7. The average molecular weight is 424 g/mol. The Morgan fingerprint density at radius 2 is 2.00 bits per heavy atom. The van der Waals surface area contributed by atoms with E-state index < -0.39 is 15.9 Å². The van der Waals surface area contributed by atoms with Crippen LogP contribution in [0, 0.1) is 0 Å². The van der Waals surface area contributed by atoms with Crippen molar-refractivity contribution in [3.8, 4) is 0 Å². The Morgan fingerprint density at radius 3 is 2.76 bits per heavy atom. The highest BCUT2D eigenvalue weighted by Gasteiger charge is 2.08. The fourth-order valence-electron chi connectivity index (χ4n) is 2.16. The number of nitrogens with one attached hydrogen (secondary N) is 2. The molecule has 0 aliphatic rings. The van der Waals surface area contributed by atoms with Crippen molar-refractivity contribution in [3.63, 3.8) is 0 Å². The molecule has 0 aliphatic heterocycles. The van der Waals surface area contributed by atoms with E-state index in [1.165, 1.54) is 6.33 Å². The summed E-state index contributed by atoms with van der Waals surface area (Å²) in [6, 6.07) is 9.36. The predicted molar refractivity (Wildman–Crippen MR) is 99.7 cm³/mol. The van der Waals surface area contributed by atoms with Crippen LogP contribution >= 0.6 is 15.9 Å². The van der Waals surface area contributed by atoms with Crippen LogP contribution in [-0.4, -0.2) is 40.2 Å². The van der Waals surface area contributed by atoms with Crippen molar-refractivity contribution >= 4 is 54.3 Å². The molecule has 0 amide bonds. The van der Waals surface area contributed by atoms with Crippen LogP contribution in [0.5, 0.6) is 0 Å². The minimum absolute atomic E-state index is 0.0472. The van der Waals surface area contributed by atoms with E-state index in [2.05, 4.69) is 41.5 Å². The summed E-state index contributed by atoms with van der Waals surface area (Å²) in [5, 5.41) is 6.77. The smallest absolute Gasteiger partial charge is 0.266 e. The Labute approximate surface area is 152 Å². The van der Waals surface area contributed by atoms with E-state index in [1.54, 1.807) is 12.3 Å². The molecule has 0 fully saturated rings. The lowest BCUT2D eigenvalue weighted by atomic mass is 10.2. The van der Waals surface area contributed by atoms with Gasteiger partial charge in [-0.05, 0) is 18.2 Å². The lowest BCUT2D eigenvalue weighted by Crippen LogP contribution is -2.15. The molecular formula is C15H14BrN5O3S. The summed E-state index contributed by atoms with van der Waals surface area (Å²) in [5.74, 6) is 0.676. The van der Waals surface area contributed by atoms with Gasteiger partial charge >= 0.3 is 0 Å². The van der Waals surface area contributed by atoms with Crippen molar-refractivity contribution in [2.24, 2.45) is 0 Å². The molecule has 0 unspecified atom stereocenters. The Hall–Kier alpha value is -2.30. The highest BCUT2D eigenvalue weighted by Crippen LogP contribution is 2.25. The number of hydrogen-bond donors (Lipinski definition) is 3. The molecule has 25 heavy (non-hydrogen) atoms. The van der Waals surface area contributed by atoms with E-state index in [0.717, 1.165) is 15.5 Å². The van der Waals surface area contributed by atoms with E-state index in [0.29, 0.717) is 17.2 Å². The molecule has 0 atom stereocenters. The molecule has 10 heteroatoms. The molecule has 0 saturated carbocycles. The molecular weight excluding hydrogens is 410 g/mol. The third kappa shape index (κ3) is 4.84. The normalized spacial score (nSPS) is 11.4. The number of anilines is 3. The maximum Gasteiger partial charge on any atom is 0.266 e. The van der Waals surface area contributed by atoms with Crippen LogP contribution < -0.4 is 10.6 Å². The monoisotopic (exact) mass is 423 g/mol. The van der Waals surface area contributed by atoms with Crippen LogP contribution in [0.25, 0.3) is 10.9 Å². The molecule has 1 aromatic carbocycles. The molecule has 3 aromatic rings. The van der Waals surface area contributed by atoms with Gasteiger partial charge in [-0.15, -0.1) is 0 Å². The summed E-state index contributed by atoms with van der Waals surface area (Å²) in [7, 11) is -4.01. The third-order valence-corrected chi connectivity index (χ3v) is 4.49. The van der Waals surface area contributed by atoms with Gasteiger partial charge in [0.25, 0.3) is 10.1 Å². The van der Waals surface area contributed by atoms with Crippen LogP contribution in [0.2, 0.25) is 0 Å². The topological polar surface area (TPSA) is 117 Å². The Bertz CT molecular complexity index is 1010. The molecule has 0 aliphatic carbocycles. The van der Waals surface area contributed by atoms with E-state index in [1.807, 2.05) is 24.3 Å². The first kappa shape index (κ1) is 17.5. The molecule has 2 aromatic heterocycles. The number of aromatic nitrogens is 3. The number of nitrogens with zero attached hydrogens (tertiary/aromatic N) is 3. The first-order valence-corrected chi connectivity index (χ1v) is 9.63. The van der Waals surface area contributed by atoms with Gasteiger partial charge in [0, 0.05) is 29.0 Å². The number of fused-ring (bicyclic) bond motifs is 1. The molecule has 0 spiro atoms. The molecule has 0 radical (unpaired) electrons. The number of benzene rings is 1. The minimum atomic E-state index is -4.01. The maximum absolute atomic E-state index is 10.7. The molecule has 3 rings (SSSR count). The van der Waals surface area contributed by atoms with E-state index in [-0.39, 0.29) is 6.54 Å². The maximum atomic E-state index is 10.7. The number of halogens is 1. The van der Waals surface area contributed by atoms with Crippen molar-refractivity contribution in [1.29, 1.82) is 0 Å². The SMILES string of the molecule is O=S(=O)(O)CCNc1cc2ncnc(Nc3cccc(Br)c3)c2cn1. The van der Waals surface area contributed by atoms with Gasteiger partial charge in [-0.25, -0.2) is 15.0 Å². The Morgan fingerprint density at radius 1 is 1.16 bits per heavy atom. The quantitative estimate of drug-likeness (QED) is 0.518. The zero-order valence-corrected chi connectivity index (χ0v) is 15.2. The first-order valence-electron chi connectivity index (χ1n) is 7.23. The van der Waals surface area contributed by atoms with Gasteiger partial charge in [0.05, 0.1) is 16.7 Å². The third-order valence-electron chi connectivity index (χ3n) is 3.27. The van der Waals surface area contributed by atoms with Gasteiger partial charge in [-0.2, -0.15) is 8.42 Å². The lowest BCUT2D eigenvalue weighted by molar-refractivity contribution is 0.484. The van der Waals surface area contributed by atoms with Crippen LogP contribution in [0.4, 0.5) is 17.3 Å². The van der Waals surface area contributed by atoms with Gasteiger partial charge in [0.1, 0.15) is 18.0 Å². The van der Waals surface area contributed by atoms with Crippen molar-refractivity contribution in [1.82, 2.24) is 15.0 Å². The minimum Gasteiger partial charge on any atom is -0.369 e. The van der Waals surface area contributed by atoms with Gasteiger partial charge in [0.2, 0.25) is 0 Å². The van der Waals surface area contributed by atoms with Gasteiger partial charge in [-0.3, -0.25) is 4.55 Å². The van der Waals surface area contributed by atoms with Gasteiger partial charge < -0.3 is 10.6 Å². The second-order valence-corrected chi connectivity index (χ2v) is 7.64. The van der Waals surface area contributed by atoms with Crippen molar-refractivity contribution < 1.29 is 13.0 Å². The van der Waals surface area contributed by atoms with Crippen LogP contribution in [-0.2, 0) is 10.1 Å². The second kappa shape index (κ2) is 7.30. The van der Waals surface area contributed by atoms with Crippen LogP contribution in [0.1, 0.15) is 0 Å². The summed E-state index contributed by atoms with van der Waals surface area (Å²) in [6.07, 6.45) is 3.04. The molecule has 0 saturated heterocycles. The summed E-state index contributed by atoms with van der Waals surface area (Å²) in [6.45, 7) is 0.0472. The molecule has 3 N–H and O–H groups in total. The molecule has 2 heterocycles. The van der Waals surface area contributed by atoms with Gasteiger partial charge in [-0.1, -0.05) is 22.0 Å². The average Bonchev–Trinajstić information content (AvgIpc) is 2.54. The predicted octanol–water partition coefficient (Wildman–Crippen LogP) is 2.83. The number of hydrogen-bond acceptors (Lipinski definition) is 7. The molecule has 8 nitrogen and oxygen atoms in total. The first-order chi connectivity index (χ1) is 11.9. The van der Waals surface area contributed by atoms with E-state index >= 15 is 0 Å². The number of rotatable bonds is 6. The zero-order valence-electron chi connectivity index (χ0n) is 12.8. The van der Waals surface area contributed by atoms with Crippen molar-refractivity contribution in [3.05, 3.63) is 47.3 Å².